The number of anilines is 1. The zero-order valence-corrected chi connectivity index (χ0v) is 18.2. The molecule has 1 fully saturated rings. The van der Waals surface area contributed by atoms with Gasteiger partial charge in [0, 0.05) is 37.9 Å². The quantitative estimate of drug-likeness (QED) is 0.609. The minimum absolute atomic E-state index is 0.125. The molecule has 3 aromatic rings. The van der Waals surface area contributed by atoms with Gasteiger partial charge in [0.1, 0.15) is 40.3 Å². The normalized spacial score (nSPS) is 15.5. The highest BCUT2D eigenvalue weighted by Gasteiger charge is 2.31. The summed E-state index contributed by atoms with van der Waals surface area (Å²) in [6.07, 6.45) is 1.70. The van der Waals surface area contributed by atoms with Crippen LogP contribution in [0.4, 0.5) is 14.6 Å². The standard InChI is InChI=1S/C20H22F2N6O2S/c1-13-14(2)28(12-23-13)20-11-19(24-15(3)25-20)26-6-8-27(9-7-26)31(29,30)18-10-16(21)4-5-17(18)22/h4-5,10-12H,6-9H2,1-3H3. The summed E-state index contributed by atoms with van der Waals surface area (Å²) in [5.74, 6) is 0.161. The van der Waals surface area contributed by atoms with Crippen molar-refractivity contribution in [3.8, 4) is 5.82 Å². The van der Waals surface area contributed by atoms with Crippen LogP contribution in [0.1, 0.15) is 17.2 Å². The van der Waals surface area contributed by atoms with E-state index in [0.717, 1.165) is 23.5 Å². The molecule has 0 unspecified atom stereocenters. The average molecular weight is 448 g/mol. The number of imidazole rings is 1. The molecule has 0 saturated carbocycles. The first-order valence-corrected chi connectivity index (χ1v) is 11.2. The highest BCUT2D eigenvalue weighted by molar-refractivity contribution is 7.89. The van der Waals surface area contributed by atoms with Crippen LogP contribution in [0.15, 0.2) is 35.5 Å². The summed E-state index contributed by atoms with van der Waals surface area (Å²) in [7, 11) is -4.14. The van der Waals surface area contributed by atoms with Crippen LogP contribution in [0.3, 0.4) is 0 Å². The van der Waals surface area contributed by atoms with Gasteiger partial charge in [0.05, 0.1) is 5.69 Å². The number of rotatable bonds is 4. The molecule has 0 amide bonds. The summed E-state index contributed by atoms with van der Waals surface area (Å²) >= 11 is 0. The van der Waals surface area contributed by atoms with E-state index < -0.39 is 26.6 Å². The first-order chi connectivity index (χ1) is 14.7. The Bertz CT molecular complexity index is 1240. The van der Waals surface area contributed by atoms with E-state index in [-0.39, 0.29) is 13.1 Å². The number of aromatic nitrogens is 4. The Kier molecular flexibility index (Phi) is 5.48. The monoisotopic (exact) mass is 448 g/mol. The molecule has 8 nitrogen and oxygen atoms in total. The molecular formula is C20H22F2N6O2S. The van der Waals surface area contributed by atoms with Gasteiger partial charge in [-0.2, -0.15) is 4.31 Å². The summed E-state index contributed by atoms with van der Waals surface area (Å²) in [6, 6.07) is 4.26. The molecule has 11 heteroatoms. The van der Waals surface area contributed by atoms with Crippen molar-refractivity contribution in [2.45, 2.75) is 25.7 Å². The van der Waals surface area contributed by atoms with Gasteiger partial charge in [-0.05, 0) is 39.0 Å². The van der Waals surface area contributed by atoms with Gasteiger partial charge in [0.25, 0.3) is 0 Å². The van der Waals surface area contributed by atoms with Crippen molar-refractivity contribution in [2.24, 2.45) is 0 Å². The molecule has 164 valence electrons. The summed E-state index contributed by atoms with van der Waals surface area (Å²) < 4.78 is 56.2. The molecule has 1 aromatic carbocycles. The van der Waals surface area contributed by atoms with Crippen LogP contribution in [0, 0.1) is 32.4 Å². The summed E-state index contributed by atoms with van der Waals surface area (Å²) in [6.45, 7) is 6.62. The molecule has 2 aromatic heterocycles. The van der Waals surface area contributed by atoms with E-state index >= 15 is 0 Å². The summed E-state index contributed by atoms with van der Waals surface area (Å²) in [5, 5.41) is 0. The summed E-state index contributed by atoms with van der Waals surface area (Å²) in [4.78, 5) is 14.6. The Morgan fingerprint density at radius 1 is 0.935 bits per heavy atom. The highest BCUT2D eigenvalue weighted by atomic mass is 32.2. The van der Waals surface area contributed by atoms with E-state index in [9.17, 15) is 17.2 Å². The Hall–Kier alpha value is -2.92. The smallest absolute Gasteiger partial charge is 0.246 e. The molecule has 0 spiro atoms. The second-order valence-electron chi connectivity index (χ2n) is 7.38. The van der Waals surface area contributed by atoms with Gasteiger partial charge >= 0.3 is 0 Å². The second kappa shape index (κ2) is 7.97. The molecule has 1 saturated heterocycles. The lowest BCUT2D eigenvalue weighted by molar-refractivity contribution is 0.380. The predicted molar refractivity (Wildman–Crippen MR) is 111 cm³/mol. The molecule has 1 aliphatic heterocycles. The van der Waals surface area contributed by atoms with Crippen LogP contribution in [0.2, 0.25) is 0 Å². The zero-order valence-electron chi connectivity index (χ0n) is 17.4. The Morgan fingerprint density at radius 2 is 1.61 bits per heavy atom. The van der Waals surface area contributed by atoms with Gasteiger partial charge in [-0.15, -0.1) is 0 Å². The number of benzene rings is 1. The molecular weight excluding hydrogens is 426 g/mol. The van der Waals surface area contributed by atoms with Gasteiger partial charge in [0.2, 0.25) is 10.0 Å². The van der Waals surface area contributed by atoms with Crippen molar-refractivity contribution in [3.63, 3.8) is 0 Å². The van der Waals surface area contributed by atoms with Gasteiger partial charge in [-0.25, -0.2) is 32.2 Å². The van der Waals surface area contributed by atoms with Crippen molar-refractivity contribution in [3.05, 3.63) is 59.4 Å². The Balaban J connectivity index is 1.55. The van der Waals surface area contributed by atoms with Crippen molar-refractivity contribution >= 4 is 15.8 Å². The number of sulfonamides is 1. The molecule has 0 bridgehead atoms. The van der Waals surface area contributed by atoms with E-state index in [1.165, 1.54) is 4.31 Å². The Labute approximate surface area is 179 Å². The maximum Gasteiger partial charge on any atom is 0.246 e. The third-order valence-corrected chi connectivity index (χ3v) is 7.30. The first-order valence-electron chi connectivity index (χ1n) is 9.73. The third-order valence-electron chi connectivity index (χ3n) is 5.38. The largest absolute Gasteiger partial charge is 0.354 e. The maximum absolute atomic E-state index is 14.0. The third kappa shape index (κ3) is 4.02. The van der Waals surface area contributed by atoms with Gasteiger partial charge in [-0.1, -0.05) is 0 Å². The second-order valence-corrected chi connectivity index (χ2v) is 9.29. The van der Waals surface area contributed by atoms with E-state index in [1.54, 1.807) is 13.3 Å². The zero-order chi connectivity index (χ0) is 22.3. The van der Waals surface area contributed by atoms with E-state index in [4.69, 9.17) is 0 Å². The molecule has 4 rings (SSSR count). The fraction of sp³-hybridized carbons (Fsp3) is 0.350. The number of nitrogens with zero attached hydrogens (tertiary/aromatic N) is 6. The van der Waals surface area contributed by atoms with Gasteiger partial charge in [0.15, 0.2) is 0 Å². The minimum atomic E-state index is -4.14. The predicted octanol–water partition coefficient (Wildman–Crippen LogP) is 2.38. The molecule has 0 N–H and O–H groups in total. The van der Waals surface area contributed by atoms with Crippen LogP contribution in [-0.2, 0) is 10.0 Å². The number of halogens is 2. The topological polar surface area (TPSA) is 84.2 Å². The van der Waals surface area contributed by atoms with Crippen molar-refractivity contribution in [1.82, 2.24) is 23.8 Å². The van der Waals surface area contributed by atoms with E-state index in [1.807, 2.05) is 29.4 Å². The fourth-order valence-electron chi connectivity index (χ4n) is 3.52. The molecule has 0 aliphatic carbocycles. The van der Waals surface area contributed by atoms with Crippen LogP contribution in [-0.4, -0.2) is 58.4 Å². The number of aryl methyl sites for hydroxylation is 2. The van der Waals surface area contributed by atoms with Gasteiger partial charge in [-0.3, -0.25) is 4.57 Å². The average Bonchev–Trinajstić information content (AvgIpc) is 3.08. The first kappa shape index (κ1) is 21.3. The van der Waals surface area contributed by atoms with Gasteiger partial charge < -0.3 is 4.90 Å². The van der Waals surface area contributed by atoms with Crippen LogP contribution < -0.4 is 4.90 Å². The molecule has 31 heavy (non-hydrogen) atoms. The Morgan fingerprint density at radius 3 is 2.26 bits per heavy atom. The van der Waals surface area contributed by atoms with Crippen LogP contribution >= 0.6 is 0 Å². The molecule has 0 atom stereocenters. The van der Waals surface area contributed by atoms with E-state index in [2.05, 4.69) is 15.0 Å². The minimum Gasteiger partial charge on any atom is -0.354 e. The van der Waals surface area contributed by atoms with Crippen LogP contribution in [0.5, 0.6) is 0 Å². The van der Waals surface area contributed by atoms with Crippen molar-refractivity contribution < 1.29 is 17.2 Å². The molecule has 0 radical (unpaired) electrons. The SMILES string of the molecule is Cc1nc(N2CCN(S(=O)(=O)c3cc(F)ccc3F)CC2)cc(-n2cnc(C)c2C)n1. The maximum atomic E-state index is 14.0. The lowest BCUT2D eigenvalue weighted by atomic mass is 10.3. The van der Waals surface area contributed by atoms with E-state index in [0.29, 0.717) is 36.6 Å². The molecule has 1 aliphatic rings. The lowest BCUT2D eigenvalue weighted by Gasteiger charge is -2.34. The number of hydrogen-bond donors (Lipinski definition) is 0. The van der Waals surface area contributed by atoms with Crippen molar-refractivity contribution in [1.29, 1.82) is 0 Å². The number of hydrogen-bond acceptors (Lipinski definition) is 6. The van der Waals surface area contributed by atoms with Crippen molar-refractivity contribution in [2.75, 3.05) is 31.1 Å². The summed E-state index contributed by atoms with van der Waals surface area (Å²) in [5.41, 5.74) is 1.87. The fourth-order valence-corrected chi connectivity index (χ4v) is 5.02. The highest BCUT2D eigenvalue weighted by Crippen LogP contribution is 2.24. The number of piperazine rings is 1. The molecule has 3 heterocycles. The lowest BCUT2D eigenvalue weighted by Crippen LogP contribution is -2.49. The van der Waals surface area contributed by atoms with Crippen LogP contribution in [0.25, 0.3) is 5.82 Å².